The molecule has 1 aliphatic heterocycles. The van der Waals surface area contributed by atoms with Crippen molar-refractivity contribution in [2.45, 2.75) is 32.4 Å². The average Bonchev–Trinajstić information content (AvgIpc) is 2.74. The van der Waals surface area contributed by atoms with Gasteiger partial charge in [-0.1, -0.05) is 54.6 Å². The fraction of sp³-hybridized carbons (Fsp3) is 0.391. The molecule has 0 atom stereocenters. The molecule has 5 heteroatoms. The lowest BCUT2D eigenvalue weighted by atomic mass is 9.99. The predicted octanol–water partition coefficient (Wildman–Crippen LogP) is 3.06. The Morgan fingerprint density at radius 1 is 1.11 bits per heavy atom. The predicted molar refractivity (Wildman–Crippen MR) is 114 cm³/mol. The molecular weight excluding hydrogens is 348 g/mol. The highest BCUT2D eigenvalue weighted by molar-refractivity contribution is 5.80. The number of benzene rings is 2. The van der Waals surface area contributed by atoms with E-state index in [1.54, 1.807) is 7.05 Å². The number of carbonyl (C=O) groups excluding carboxylic acids is 1. The van der Waals surface area contributed by atoms with Gasteiger partial charge in [-0.3, -0.25) is 9.79 Å². The van der Waals surface area contributed by atoms with Crippen LogP contribution in [0.2, 0.25) is 0 Å². The van der Waals surface area contributed by atoms with E-state index in [0.717, 1.165) is 45.0 Å². The van der Waals surface area contributed by atoms with Crippen LogP contribution in [0.3, 0.4) is 0 Å². The summed E-state index contributed by atoms with van der Waals surface area (Å²) in [4.78, 5) is 21.0. The Morgan fingerprint density at radius 2 is 1.82 bits per heavy atom. The summed E-state index contributed by atoms with van der Waals surface area (Å²) in [6, 6.07) is 18.8. The first-order chi connectivity index (χ1) is 13.7. The molecule has 1 heterocycles. The molecule has 1 aliphatic rings. The van der Waals surface area contributed by atoms with E-state index in [1.165, 1.54) is 16.7 Å². The van der Waals surface area contributed by atoms with E-state index in [2.05, 4.69) is 45.5 Å². The molecule has 0 radical (unpaired) electrons. The molecule has 2 aromatic rings. The number of hydrogen-bond donors (Lipinski definition) is 1. The molecule has 0 saturated heterocycles. The van der Waals surface area contributed by atoms with Crippen LogP contribution >= 0.6 is 0 Å². The lowest BCUT2D eigenvalue weighted by molar-refractivity contribution is -0.132. The van der Waals surface area contributed by atoms with Gasteiger partial charge in [-0.2, -0.15) is 0 Å². The maximum atomic E-state index is 12.6. The van der Waals surface area contributed by atoms with Gasteiger partial charge in [0.2, 0.25) is 5.91 Å². The molecule has 0 saturated carbocycles. The largest absolute Gasteiger partial charge is 0.356 e. The molecule has 0 aromatic heterocycles. The maximum absolute atomic E-state index is 12.6. The van der Waals surface area contributed by atoms with Gasteiger partial charge < -0.3 is 15.1 Å². The highest BCUT2D eigenvalue weighted by Crippen LogP contribution is 2.19. The van der Waals surface area contributed by atoms with Crippen LogP contribution in [0.15, 0.2) is 59.6 Å². The fourth-order valence-electron chi connectivity index (χ4n) is 3.62. The van der Waals surface area contributed by atoms with E-state index >= 15 is 0 Å². The zero-order valence-corrected chi connectivity index (χ0v) is 16.9. The Kier molecular flexibility index (Phi) is 7.06. The molecule has 5 nitrogen and oxygen atoms in total. The topological polar surface area (TPSA) is 47.9 Å². The lowest BCUT2D eigenvalue weighted by Gasteiger charge is -2.29. The van der Waals surface area contributed by atoms with Crippen LogP contribution in [0.4, 0.5) is 0 Å². The number of nitrogens with zero attached hydrogens (tertiary/aromatic N) is 3. The number of fused-ring (bicyclic) bond motifs is 1. The van der Waals surface area contributed by atoms with Crippen molar-refractivity contribution in [2.75, 3.05) is 27.2 Å². The molecule has 148 valence electrons. The summed E-state index contributed by atoms with van der Waals surface area (Å²) in [5, 5.41) is 3.37. The van der Waals surface area contributed by atoms with Crippen molar-refractivity contribution in [1.29, 1.82) is 0 Å². The van der Waals surface area contributed by atoms with Gasteiger partial charge in [-0.05, 0) is 29.5 Å². The quantitative estimate of drug-likeness (QED) is 0.477. The van der Waals surface area contributed by atoms with Crippen LogP contribution in [-0.2, 0) is 24.3 Å². The molecule has 0 fully saturated rings. The average molecular weight is 379 g/mol. The normalized spacial score (nSPS) is 13.8. The summed E-state index contributed by atoms with van der Waals surface area (Å²) in [5.74, 6) is 1.09. The highest BCUT2D eigenvalue weighted by Gasteiger charge is 2.19. The van der Waals surface area contributed by atoms with E-state index in [1.807, 2.05) is 36.2 Å². The summed E-state index contributed by atoms with van der Waals surface area (Å²) < 4.78 is 0. The fourth-order valence-corrected chi connectivity index (χ4v) is 3.62. The SMILES string of the molecule is CN=C(NCCCC(=O)N1CCc2ccccc2C1)N(C)Cc1ccccc1. The minimum Gasteiger partial charge on any atom is -0.356 e. The number of rotatable bonds is 6. The van der Waals surface area contributed by atoms with Gasteiger partial charge in [0.15, 0.2) is 5.96 Å². The molecule has 0 aliphatic carbocycles. The van der Waals surface area contributed by atoms with Crippen molar-refractivity contribution in [2.24, 2.45) is 4.99 Å². The van der Waals surface area contributed by atoms with E-state index in [4.69, 9.17) is 0 Å². The maximum Gasteiger partial charge on any atom is 0.222 e. The minimum absolute atomic E-state index is 0.240. The van der Waals surface area contributed by atoms with Crippen LogP contribution in [0, 0.1) is 0 Å². The number of aliphatic imine (C=N–C) groups is 1. The molecule has 3 rings (SSSR count). The summed E-state index contributed by atoms with van der Waals surface area (Å²) in [5.41, 5.74) is 3.90. The lowest BCUT2D eigenvalue weighted by Crippen LogP contribution is -2.39. The molecular formula is C23H30N4O. The van der Waals surface area contributed by atoms with E-state index < -0.39 is 0 Å². The van der Waals surface area contributed by atoms with Crippen LogP contribution in [0.25, 0.3) is 0 Å². The number of carbonyl (C=O) groups is 1. The standard InChI is InChI=1S/C23H30N4O/c1-24-23(26(2)17-19-9-4-3-5-10-19)25-15-8-13-22(28)27-16-14-20-11-6-7-12-21(20)18-27/h3-7,9-12H,8,13-18H2,1-2H3,(H,24,25). The zero-order valence-electron chi connectivity index (χ0n) is 16.9. The third-order valence-electron chi connectivity index (χ3n) is 5.17. The highest BCUT2D eigenvalue weighted by atomic mass is 16.2. The third kappa shape index (κ3) is 5.35. The Labute approximate surface area is 168 Å². The van der Waals surface area contributed by atoms with Crippen molar-refractivity contribution < 1.29 is 4.79 Å². The van der Waals surface area contributed by atoms with Gasteiger partial charge in [0, 0.05) is 46.7 Å². The van der Waals surface area contributed by atoms with Gasteiger partial charge >= 0.3 is 0 Å². The molecule has 1 N–H and O–H groups in total. The van der Waals surface area contributed by atoms with Crippen molar-refractivity contribution in [3.05, 3.63) is 71.3 Å². The second kappa shape index (κ2) is 9.93. The Morgan fingerprint density at radius 3 is 2.57 bits per heavy atom. The van der Waals surface area contributed by atoms with Crippen molar-refractivity contribution in [3.8, 4) is 0 Å². The third-order valence-corrected chi connectivity index (χ3v) is 5.17. The van der Waals surface area contributed by atoms with Gasteiger partial charge in [-0.25, -0.2) is 0 Å². The van der Waals surface area contributed by atoms with Crippen molar-refractivity contribution in [1.82, 2.24) is 15.1 Å². The molecule has 2 aromatic carbocycles. The van der Waals surface area contributed by atoms with Crippen molar-refractivity contribution in [3.63, 3.8) is 0 Å². The van der Waals surface area contributed by atoms with Crippen LogP contribution in [0.5, 0.6) is 0 Å². The summed E-state index contributed by atoms with van der Waals surface area (Å²) in [6.45, 7) is 3.10. The van der Waals surface area contributed by atoms with Crippen LogP contribution in [-0.4, -0.2) is 48.9 Å². The Bertz CT molecular complexity index is 803. The summed E-state index contributed by atoms with van der Waals surface area (Å²) in [6.07, 6.45) is 2.32. The molecule has 1 amide bonds. The summed E-state index contributed by atoms with van der Waals surface area (Å²) >= 11 is 0. The monoisotopic (exact) mass is 378 g/mol. The molecule has 0 unspecified atom stereocenters. The minimum atomic E-state index is 0.240. The molecule has 0 spiro atoms. The summed E-state index contributed by atoms with van der Waals surface area (Å²) in [7, 11) is 3.82. The first-order valence-electron chi connectivity index (χ1n) is 9.97. The Hall–Kier alpha value is -2.82. The van der Waals surface area contributed by atoms with Crippen LogP contribution < -0.4 is 5.32 Å². The van der Waals surface area contributed by atoms with E-state index in [9.17, 15) is 4.79 Å². The second-order valence-corrected chi connectivity index (χ2v) is 7.25. The van der Waals surface area contributed by atoms with Crippen LogP contribution in [0.1, 0.15) is 29.5 Å². The molecule has 0 bridgehead atoms. The number of hydrogen-bond acceptors (Lipinski definition) is 2. The second-order valence-electron chi connectivity index (χ2n) is 7.25. The zero-order chi connectivity index (χ0) is 19.8. The van der Waals surface area contributed by atoms with E-state index in [0.29, 0.717) is 6.42 Å². The number of guanidine groups is 1. The number of nitrogens with one attached hydrogen (secondary N) is 1. The first kappa shape index (κ1) is 19.9. The van der Waals surface area contributed by atoms with Gasteiger partial charge in [0.25, 0.3) is 0 Å². The van der Waals surface area contributed by atoms with Crippen molar-refractivity contribution >= 4 is 11.9 Å². The smallest absolute Gasteiger partial charge is 0.222 e. The van der Waals surface area contributed by atoms with Gasteiger partial charge in [0.1, 0.15) is 0 Å². The first-order valence-corrected chi connectivity index (χ1v) is 9.97. The van der Waals surface area contributed by atoms with Gasteiger partial charge in [-0.15, -0.1) is 0 Å². The van der Waals surface area contributed by atoms with Gasteiger partial charge in [0.05, 0.1) is 0 Å². The Balaban J connectivity index is 1.40. The van der Waals surface area contributed by atoms with E-state index in [-0.39, 0.29) is 5.91 Å². The molecule has 28 heavy (non-hydrogen) atoms. The number of amides is 1.